The normalized spacial score (nSPS) is 10.5. The van der Waals surface area contributed by atoms with Crippen molar-refractivity contribution in [3.63, 3.8) is 0 Å². The van der Waals surface area contributed by atoms with Gasteiger partial charge in [0.2, 0.25) is 0 Å². The first-order valence-electron chi connectivity index (χ1n) is 9.58. The number of nitrogens with one attached hydrogen (secondary N) is 2. The molecule has 3 aromatic rings. The molecule has 1 amide bonds. The molecular weight excluding hydrogens is 459 g/mol. The maximum absolute atomic E-state index is 12.2. The summed E-state index contributed by atoms with van der Waals surface area (Å²) in [5.74, 6) is 0.481. The molecule has 31 heavy (non-hydrogen) atoms. The molecule has 8 heteroatoms. The highest BCUT2D eigenvalue weighted by atomic mass is 35.5. The zero-order valence-electron chi connectivity index (χ0n) is 16.8. The van der Waals surface area contributed by atoms with Gasteiger partial charge in [0, 0.05) is 17.3 Å². The Hall–Kier alpha value is -2.60. The molecule has 0 aliphatic heterocycles. The summed E-state index contributed by atoms with van der Waals surface area (Å²) in [5, 5.41) is 7.43. The third-order valence-electron chi connectivity index (χ3n) is 4.19. The minimum atomic E-state index is -0.298. The van der Waals surface area contributed by atoms with Crippen molar-refractivity contribution in [2.24, 2.45) is 0 Å². The molecule has 0 bridgehead atoms. The Labute approximate surface area is 196 Å². The van der Waals surface area contributed by atoms with Gasteiger partial charge in [0.25, 0.3) is 5.91 Å². The van der Waals surface area contributed by atoms with Crippen LogP contribution in [0.2, 0.25) is 15.1 Å². The molecule has 0 saturated carbocycles. The molecule has 5 nitrogen and oxygen atoms in total. The van der Waals surface area contributed by atoms with Crippen LogP contribution in [0.1, 0.15) is 12.5 Å². The molecule has 0 spiro atoms. The van der Waals surface area contributed by atoms with Crippen LogP contribution in [-0.4, -0.2) is 19.1 Å². The number of anilines is 2. The highest BCUT2D eigenvalue weighted by molar-refractivity contribution is 6.36. The number of para-hydroxylation sites is 1. The van der Waals surface area contributed by atoms with Crippen molar-refractivity contribution in [2.75, 3.05) is 23.8 Å². The van der Waals surface area contributed by atoms with E-state index in [1.54, 1.807) is 36.4 Å². The first kappa shape index (κ1) is 23.1. The van der Waals surface area contributed by atoms with E-state index in [1.165, 1.54) is 0 Å². The number of hydrogen-bond donors (Lipinski definition) is 2. The van der Waals surface area contributed by atoms with E-state index in [9.17, 15) is 4.79 Å². The third kappa shape index (κ3) is 6.69. The fraction of sp³-hybridized carbons (Fsp3) is 0.174. The van der Waals surface area contributed by atoms with Crippen molar-refractivity contribution in [3.8, 4) is 11.5 Å². The van der Waals surface area contributed by atoms with E-state index >= 15 is 0 Å². The Morgan fingerprint density at radius 1 is 0.935 bits per heavy atom. The largest absolute Gasteiger partial charge is 0.490 e. The number of carbonyl (C=O) groups excluding carboxylic acids is 1. The van der Waals surface area contributed by atoms with Gasteiger partial charge in [-0.15, -0.1) is 0 Å². The van der Waals surface area contributed by atoms with E-state index in [2.05, 4.69) is 10.6 Å². The third-order valence-corrected chi connectivity index (χ3v) is 5.02. The van der Waals surface area contributed by atoms with Gasteiger partial charge in [-0.1, -0.05) is 53.0 Å². The van der Waals surface area contributed by atoms with Gasteiger partial charge in [0.15, 0.2) is 18.1 Å². The predicted molar refractivity (Wildman–Crippen MR) is 127 cm³/mol. The molecule has 3 aromatic carbocycles. The van der Waals surface area contributed by atoms with E-state index in [0.717, 1.165) is 11.3 Å². The molecule has 0 aliphatic rings. The molecule has 3 rings (SSSR count). The number of halogens is 3. The summed E-state index contributed by atoms with van der Waals surface area (Å²) < 4.78 is 11.4. The molecule has 0 aliphatic carbocycles. The lowest BCUT2D eigenvalue weighted by atomic mass is 10.2. The SMILES string of the molecule is CCOc1cc(CNc2ccc(Cl)cc2Cl)cc(Cl)c1OCC(=O)Nc1ccccc1. The number of benzene rings is 3. The lowest BCUT2D eigenvalue weighted by Crippen LogP contribution is -2.20. The zero-order valence-corrected chi connectivity index (χ0v) is 19.0. The zero-order chi connectivity index (χ0) is 22.2. The topological polar surface area (TPSA) is 59.6 Å². The highest BCUT2D eigenvalue weighted by Gasteiger charge is 2.15. The van der Waals surface area contributed by atoms with Gasteiger partial charge < -0.3 is 20.1 Å². The monoisotopic (exact) mass is 478 g/mol. The van der Waals surface area contributed by atoms with Crippen LogP contribution in [-0.2, 0) is 11.3 Å². The maximum Gasteiger partial charge on any atom is 0.262 e. The molecule has 162 valence electrons. The Morgan fingerprint density at radius 3 is 2.42 bits per heavy atom. The van der Waals surface area contributed by atoms with Gasteiger partial charge in [-0.3, -0.25) is 4.79 Å². The van der Waals surface area contributed by atoms with Crippen LogP contribution in [0.15, 0.2) is 60.7 Å². The summed E-state index contributed by atoms with van der Waals surface area (Å²) in [6.45, 7) is 2.53. The Balaban J connectivity index is 1.68. The summed E-state index contributed by atoms with van der Waals surface area (Å²) in [4.78, 5) is 12.2. The van der Waals surface area contributed by atoms with Crippen LogP contribution in [0.5, 0.6) is 11.5 Å². The molecule has 0 fully saturated rings. The fourth-order valence-electron chi connectivity index (χ4n) is 2.81. The second-order valence-electron chi connectivity index (χ2n) is 6.52. The smallest absolute Gasteiger partial charge is 0.262 e. The van der Waals surface area contributed by atoms with Crippen LogP contribution in [0.25, 0.3) is 0 Å². The second-order valence-corrected chi connectivity index (χ2v) is 7.77. The Morgan fingerprint density at radius 2 is 1.71 bits per heavy atom. The maximum atomic E-state index is 12.2. The van der Waals surface area contributed by atoms with Gasteiger partial charge in [0.1, 0.15) is 0 Å². The van der Waals surface area contributed by atoms with Crippen molar-refractivity contribution in [2.45, 2.75) is 13.5 Å². The number of hydrogen-bond acceptors (Lipinski definition) is 4. The fourth-order valence-corrected chi connectivity index (χ4v) is 3.58. The van der Waals surface area contributed by atoms with Crippen molar-refractivity contribution < 1.29 is 14.3 Å². The number of carbonyl (C=O) groups is 1. The highest BCUT2D eigenvalue weighted by Crippen LogP contribution is 2.37. The second kappa shape index (κ2) is 11.1. The lowest BCUT2D eigenvalue weighted by Gasteiger charge is -2.16. The number of ether oxygens (including phenoxy) is 2. The van der Waals surface area contributed by atoms with E-state index in [0.29, 0.717) is 45.4 Å². The van der Waals surface area contributed by atoms with E-state index in [-0.39, 0.29) is 12.5 Å². The molecule has 0 atom stereocenters. The van der Waals surface area contributed by atoms with E-state index in [4.69, 9.17) is 44.3 Å². The predicted octanol–water partition coefficient (Wildman–Crippen LogP) is 6.68. The average Bonchev–Trinajstić information content (AvgIpc) is 2.73. The molecular formula is C23H21Cl3N2O3. The minimum Gasteiger partial charge on any atom is -0.490 e. The van der Waals surface area contributed by atoms with Crippen molar-refractivity contribution >= 4 is 52.1 Å². The summed E-state index contributed by atoms with van der Waals surface area (Å²) in [7, 11) is 0. The van der Waals surface area contributed by atoms with Crippen LogP contribution in [0.3, 0.4) is 0 Å². The average molecular weight is 480 g/mol. The van der Waals surface area contributed by atoms with E-state index in [1.807, 2.05) is 31.2 Å². The molecule has 0 radical (unpaired) electrons. The quantitative estimate of drug-likeness (QED) is 0.359. The standard InChI is InChI=1S/C23H21Cl3N2O3/c1-2-30-21-11-15(13-27-20-9-8-16(24)12-18(20)25)10-19(26)23(21)31-14-22(29)28-17-6-4-3-5-7-17/h3-12,27H,2,13-14H2,1H3,(H,28,29). The molecule has 2 N–H and O–H groups in total. The van der Waals surface area contributed by atoms with Gasteiger partial charge >= 0.3 is 0 Å². The van der Waals surface area contributed by atoms with Crippen LogP contribution in [0, 0.1) is 0 Å². The van der Waals surface area contributed by atoms with Crippen molar-refractivity contribution in [1.82, 2.24) is 0 Å². The van der Waals surface area contributed by atoms with Gasteiger partial charge in [0.05, 0.1) is 22.3 Å². The lowest BCUT2D eigenvalue weighted by molar-refractivity contribution is -0.118. The van der Waals surface area contributed by atoms with E-state index < -0.39 is 0 Å². The van der Waals surface area contributed by atoms with Crippen LogP contribution >= 0.6 is 34.8 Å². The summed E-state index contributed by atoms with van der Waals surface area (Å²) >= 11 is 18.6. The first-order valence-corrected chi connectivity index (χ1v) is 10.7. The summed E-state index contributed by atoms with van der Waals surface area (Å²) in [6, 6.07) is 17.9. The van der Waals surface area contributed by atoms with Gasteiger partial charge in [-0.05, 0) is 55.0 Å². The van der Waals surface area contributed by atoms with Gasteiger partial charge in [-0.2, -0.15) is 0 Å². The summed E-state index contributed by atoms with van der Waals surface area (Å²) in [6.07, 6.45) is 0. The molecule has 0 heterocycles. The van der Waals surface area contributed by atoms with Crippen LogP contribution in [0.4, 0.5) is 11.4 Å². The van der Waals surface area contributed by atoms with Crippen LogP contribution < -0.4 is 20.1 Å². The summed E-state index contributed by atoms with van der Waals surface area (Å²) in [5.41, 5.74) is 2.30. The van der Waals surface area contributed by atoms with Crippen molar-refractivity contribution in [1.29, 1.82) is 0 Å². The first-order chi connectivity index (χ1) is 15.0. The van der Waals surface area contributed by atoms with Gasteiger partial charge in [-0.25, -0.2) is 0 Å². The number of rotatable bonds is 9. The minimum absolute atomic E-state index is 0.202. The van der Waals surface area contributed by atoms with Crippen molar-refractivity contribution in [3.05, 3.63) is 81.3 Å². The molecule has 0 unspecified atom stereocenters. The Kier molecular flexibility index (Phi) is 8.29. The molecule has 0 aromatic heterocycles. The Bertz CT molecular complexity index is 1050. The molecule has 0 saturated heterocycles. The number of amides is 1.